The Balaban J connectivity index is 1.34. The molecule has 2 aromatic carbocycles. The zero-order valence-electron chi connectivity index (χ0n) is 19.5. The molecule has 3 atom stereocenters. The van der Waals surface area contributed by atoms with Gasteiger partial charge in [-0.25, -0.2) is 0 Å². The van der Waals surface area contributed by atoms with Gasteiger partial charge < -0.3 is 14.9 Å². The van der Waals surface area contributed by atoms with Crippen molar-refractivity contribution >= 4 is 22.5 Å². The summed E-state index contributed by atoms with van der Waals surface area (Å²) in [5, 5.41) is 22.6. The number of likely N-dealkylation sites (tertiary alicyclic amines) is 1. The van der Waals surface area contributed by atoms with Gasteiger partial charge in [-0.1, -0.05) is 35.6 Å². The van der Waals surface area contributed by atoms with Crippen molar-refractivity contribution in [1.29, 1.82) is 0 Å². The van der Waals surface area contributed by atoms with Crippen molar-refractivity contribution < 1.29 is 14.9 Å². The average molecular weight is 479 g/mol. The van der Waals surface area contributed by atoms with Crippen molar-refractivity contribution in [1.82, 2.24) is 9.88 Å². The number of ether oxygens (including phenoxy) is 1. The van der Waals surface area contributed by atoms with Crippen LogP contribution in [0.3, 0.4) is 0 Å². The first-order valence-corrected chi connectivity index (χ1v) is 12.1. The van der Waals surface area contributed by atoms with Gasteiger partial charge in [-0.15, -0.1) is 0 Å². The lowest BCUT2D eigenvalue weighted by molar-refractivity contribution is 0.0640. The molecule has 2 N–H and O–H groups in total. The van der Waals surface area contributed by atoms with Gasteiger partial charge in [0.25, 0.3) is 0 Å². The highest BCUT2D eigenvalue weighted by atomic mass is 35.5. The Morgan fingerprint density at radius 3 is 2.85 bits per heavy atom. The molecule has 1 aromatic heterocycles. The molecule has 0 amide bonds. The van der Waals surface area contributed by atoms with Crippen molar-refractivity contribution in [3.63, 3.8) is 0 Å². The Morgan fingerprint density at radius 2 is 2.06 bits per heavy atom. The summed E-state index contributed by atoms with van der Waals surface area (Å²) in [7, 11) is 1.64. The average Bonchev–Trinajstić information content (AvgIpc) is 2.88. The summed E-state index contributed by atoms with van der Waals surface area (Å²) in [5.41, 5.74) is 2.56. The van der Waals surface area contributed by atoms with Gasteiger partial charge in [-0.3, -0.25) is 9.88 Å². The number of hydrogen-bond acceptors (Lipinski definition) is 5. The molecule has 1 fully saturated rings. The van der Waals surface area contributed by atoms with E-state index in [0.29, 0.717) is 23.9 Å². The molecule has 0 bridgehead atoms. The highest BCUT2D eigenvalue weighted by Crippen LogP contribution is 2.33. The van der Waals surface area contributed by atoms with Crippen LogP contribution in [-0.4, -0.2) is 53.4 Å². The minimum atomic E-state index is -0.587. The molecule has 1 aliphatic heterocycles. The van der Waals surface area contributed by atoms with E-state index in [1.165, 1.54) is 0 Å². The number of aromatic nitrogens is 1. The summed E-state index contributed by atoms with van der Waals surface area (Å²) >= 11 is 6.18. The standard InChI is InChI=1S/C28H31ClN2O3/c1-34-23-9-10-27-25(17-23)24(12-14-30-27)28(33)11-8-20-13-16-31(18-22(20)19-32)15-4-6-21-5-2-3-7-26(21)29/h2-3,5,7,9-10,12,14,17,20,22,28,32-33H,8,11,13,15-16,18-19H2,1H3/t20-,22-,28?/m1/s1. The Kier molecular flexibility index (Phi) is 8.42. The van der Waals surface area contributed by atoms with Crippen LogP contribution in [0.4, 0.5) is 0 Å². The van der Waals surface area contributed by atoms with Crippen molar-refractivity contribution in [2.75, 3.05) is 33.4 Å². The van der Waals surface area contributed by atoms with E-state index in [1.54, 1.807) is 13.3 Å². The molecule has 178 valence electrons. The molecule has 0 spiro atoms. The number of rotatable bonds is 7. The summed E-state index contributed by atoms with van der Waals surface area (Å²) in [6, 6.07) is 15.2. The van der Waals surface area contributed by atoms with Gasteiger partial charge in [-0.2, -0.15) is 0 Å². The van der Waals surface area contributed by atoms with E-state index in [1.807, 2.05) is 48.5 Å². The molecule has 0 saturated carbocycles. The number of pyridine rings is 1. The Labute approximate surface area is 206 Å². The van der Waals surface area contributed by atoms with Crippen molar-refractivity contribution in [2.24, 2.45) is 11.8 Å². The summed E-state index contributed by atoms with van der Waals surface area (Å²) in [4.78, 5) is 6.70. The molecule has 4 rings (SSSR count). The minimum absolute atomic E-state index is 0.143. The molecule has 1 aliphatic rings. The van der Waals surface area contributed by atoms with Crippen LogP contribution in [0.2, 0.25) is 5.02 Å². The van der Waals surface area contributed by atoms with Crippen LogP contribution in [0.5, 0.6) is 5.75 Å². The van der Waals surface area contributed by atoms with Crippen molar-refractivity contribution in [2.45, 2.75) is 25.4 Å². The summed E-state index contributed by atoms with van der Waals surface area (Å²) in [5.74, 6) is 7.67. The molecule has 0 aliphatic carbocycles. The second-order valence-electron chi connectivity index (χ2n) is 8.88. The Bertz CT molecular complexity index is 1170. The number of halogens is 1. The third kappa shape index (κ3) is 5.89. The monoisotopic (exact) mass is 478 g/mol. The van der Waals surface area contributed by atoms with Crippen molar-refractivity contribution in [3.8, 4) is 17.6 Å². The molecule has 0 radical (unpaired) electrons. The lowest BCUT2D eigenvalue weighted by Crippen LogP contribution is -2.42. The van der Waals surface area contributed by atoms with Gasteiger partial charge in [0.2, 0.25) is 0 Å². The maximum absolute atomic E-state index is 11.0. The van der Waals surface area contributed by atoms with E-state index in [2.05, 4.69) is 21.7 Å². The molecule has 2 heterocycles. The zero-order chi connectivity index (χ0) is 23.9. The lowest BCUT2D eigenvalue weighted by atomic mass is 9.81. The van der Waals surface area contributed by atoms with Crippen LogP contribution >= 0.6 is 11.6 Å². The number of aliphatic hydroxyl groups excluding tert-OH is 2. The summed E-state index contributed by atoms with van der Waals surface area (Å²) in [6.45, 7) is 2.54. The first-order chi connectivity index (χ1) is 16.6. The van der Waals surface area contributed by atoms with E-state index in [0.717, 1.165) is 53.7 Å². The maximum Gasteiger partial charge on any atom is 0.119 e. The minimum Gasteiger partial charge on any atom is -0.497 e. The van der Waals surface area contributed by atoms with E-state index in [9.17, 15) is 10.2 Å². The number of piperidine rings is 1. The third-order valence-electron chi connectivity index (χ3n) is 6.76. The van der Waals surface area contributed by atoms with Crippen LogP contribution in [-0.2, 0) is 0 Å². The van der Waals surface area contributed by atoms with Crippen LogP contribution in [0.1, 0.15) is 36.5 Å². The quantitative estimate of drug-likeness (QED) is 0.482. The Morgan fingerprint density at radius 1 is 1.21 bits per heavy atom. The SMILES string of the molecule is COc1ccc2nccc(C(O)CC[C@@H]3CCN(CC#Cc4ccccc4Cl)C[C@@H]3CO)c2c1. The molecule has 5 nitrogen and oxygen atoms in total. The topological polar surface area (TPSA) is 65.8 Å². The normalized spacial score (nSPS) is 19.4. The fraction of sp³-hybridized carbons (Fsp3) is 0.393. The largest absolute Gasteiger partial charge is 0.497 e. The Hall–Kier alpha value is -2.62. The second-order valence-corrected chi connectivity index (χ2v) is 9.29. The highest BCUT2D eigenvalue weighted by molar-refractivity contribution is 6.31. The molecule has 6 heteroatoms. The maximum atomic E-state index is 11.0. The number of methoxy groups -OCH3 is 1. The predicted octanol–water partition coefficient (Wildman–Crippen LogP) is 4.69. The number of aliphatic hydroxyl groups is 2. The molecule has 34 heavy (non-hydrogen) atoms. The van der Waals surface area contributed by atoms with Gasteiger partial charge in [0.05, 0.1) is 30.3 Å². The lowest BCUT2D eigenvalue weighted by Gasteiger charge is -2.37. The number of benzene rings is 2. The van der Waals surface area contributed by atoms with Gasteiger partial charge in [0, 0.05) is 30.3 Å². The van der Waals surface area contributed by atoms with Crippen LogP contribution in [0.25, 0.3) is 10.9 Å². The van der Waals surface area contributed by atoms with Gasteiger partial charge in [-0.05, 0) is 79.6 Å². The van der Waals surface area contributed by atoms with E-state index < -0.39 is 6.10 Å². The van der Waals surface area contributed by atoms with Crippen LogP contribution < -0.4 is 4.74 Å². The molecular formula is C28H31ClN2O3. The summed E-state index contributed by atoms with van der Waals surface area (Å²) in [6.07, 6.45) is 3.64. The number of hydrogen-bond donors (Lipinski definition) is 2. The smallest absolute Gasteiger partial charge is 0.119 e. The van der Waals surface area contributed by atoms with Crippen molar-refractivity contribution in [3.05, 3.63) is 70.9 Å². The molecule has 1 unspecified atom stereocenters. The predicted molar refractivity (Wildman–Crippen MR) is 136 cm³/mol. The van der Waals surface area contributed by atoms with Crippen LogP contribution in [0.15, 0.2) is 54.7 Å². The van der Waals surface area contributed by atoms with Gasteiger partial charge >= 0.3 is 0 Å². The van der Waals surface area contributed by atoms with Crippen LogP contribution in [0, 0.1) is 23.7 Å². The highest BCUT2D eigenvalue weighted by Gasteiger charge is 2.29. The summed E-state index contributed by atoms with van der Waals surface area (Å²) < 4.78 is 5.35. The van der Waals surface area contributed by atoms with E-state index >= 15 is 0 Å². The first-order valence-electron chi connectivity index (χ1n) is 11.8. The number of fused-ring (bicyclic) bond motifs is 1. The fourth-order valence-electron chi connectivity index (χ4n) is 4.79. The third-order valence-corrected chi connectivity index (χ3v) is 7.09. The number of nitrogens with zero attached hydrogens (tertiary/aromatic N) is 2. The van der Waals surface area contributed by atoms with Gasteiger partial charge in [0.1, 0.15) is 5.75 Å². The molecular weight excluding hydrogens is 448 g/mol. The van der Waals surface area contributed by atoms with E-state index in [4.69, 9.17) is 16.3 Å². The molecule has 1 saturated heterocycles. The zero-order valence-corrected chi connectivity index (χ0v) is 20.2. The molecule has 3 aromatic rings. The first kappa shape index (κ1) is 24.5. The van der Waals surface area contributed by atoms with E-state index in [-0.39, 0.29) is 12.5 Å². The van der Waals surface area contributed by atoms with Gasteiger partial charge in [0.15, 0.2) is 0 Å². The second kappa shape index (κ2) is 11.7. The fourth-order valence-corrected chi connectivity index (χ4v) is 4.97.